The van der Waals surface area contributed by atoms with Crippen molar-refractivity contribution in [3.05, 3.63) is 53.4 Å². The van der Waals surface area contributed by atoms with Gasteiger partial charge < -0.3 is 13.3 Å². The monoisotopic (exact) mass is 744 g/mol. The average Bonchev–Trinajstić information content (AvgIpc) is 3.91. The summed E-state index contributed by atoms with van der Waals surface area (Å²) in [6.07, 6.45) is 24.0. The second-order valence-electron chi connectivity index (χ2n) is 12.7. The maximum Gasteiger partial charge on any atom is 0.547 e. The highest BCUT2D eigenvalue weighted by atomic mass is 32.1. The summed E-state index contributed by atoms with van der Waals surface area (Å²) in [4.78, 5) is 9.50. The van der Waals surface area contributed by atoms with Crippen LogP contribution in [0.3, 0.4) is 0 Å². The van der Waals surface area contributed by atoms with Gasteiger partial charge in [-0.25, -0.2) is 0 Å². The van der Waals surface area contributed by atoms with Gasteiger partial charge in [0.15, 0.2) is 0 Å². The number of hydrogen-bond donors (Lipinski definition) is 0. The highest BCUT2D eigenvalue weighted by Gasteiger charge is 2.44. The Kier molecular flexibility index (Phi) is 18.7. The van der Waals surface area contributed by atoms with Crippen molar-refractivity contribution in [2.45, 2.75) is 137 Å². The molecule has 48 heavy (non-hydrogen) atoms. The van der Waals surface area contributed by atoms with Gasteiger partial charge in [0.2, 0.25) is 0 Å². The lowest BCUT2D eigenvalue weighted by Gasteiger charge is -2.27. The molecule has 0 bridgehead atoms. The second kappa shape index (κ2) is 22.7. The van der Waals surface area contributed by atoms with E-state index in [0.717, 1.165) is 4.50 Å². The first-order chi connectivity index (χ1) is 23.6. The van der Waals surface area contributed by atoms with Crippen LogP contribution in [0.5, 0.6) is 0 Å². The number of thiophene rings is 4. The maximum absolute atomic E-state index is 6.15. The van der Waals surface area contributed by atoms with Crippen molar-refractivity contribution >= 4 is 58.7 Å². The molecule has 0 saturated heterocycles. The van der Waals surface area contributed by atoms with Crippen LogP contribution in [0, 0.1) is 0 Å². The van der Waals surface area contributed by atoms with Crippen LogP contribution < -0.4 is 4.50 Å². The van der Waals surface area contributed by atoms with Crippen molar-refractivity contribution in [1.82, 2.24) is 0 Å². The first-order valence-corrected chi connectivity index (χ1v) is 23.9. The van der Waals surface area contributed by atoms with E-state index in [1.54, 1.807) is 11.3 Å². The molecule has 0 aliphatic rings. The van der Waals surface area contributed by atoms with Gasteiger partial charge in [0.1, 0.15) is 0 Å². The van der Waals surface area contributed by atoms with Crippen molar-refractivity contribution in [2.75, 3.05) is 19.8 Å². The molecule has 0 spiro atoms. The number of hydrogen-bond acceptors (Lipinski definition) is 7. The van der Waals surface area contributed by atoms with E-state index in [4.69, 9.17) is 13.3 Å². The summed E-state index contributed by atoms with van der Waals surface area (Å²) in [5.74, 6) is 0. The van der Waals surface area contributed by atoms with Crippen LogP contribution in [0.25, 0.3) is 29.3 Å². The van der Waals surface area contributed by atoms with Gasteiger partial charge in [0.05, 0.1) is 4.50 Å². The molecule has 266 valence electrons. The molecule has 0 aliphatic carbocycles. The molecule has 0 radical (unpaired) electrons. The quantitative estimate of drug-likeness (QED) is 0.0449. The predicted octanol–water partition coefficient (Wildman–Crippen LogP) is 14.0. The first kappa shape index (κ1) is 39.7. The second-order valence-corrected chi connectivity index (χ2v) is 20.0. The zero-order chi connectivity index (χ0) is 33.9. The van der Waals surface area contributed by atoms with Crippen molar-refractivity contribution in [3.63, 3.8) is 0 Å². The van der Waals surface area contributed by atoms with Gasteiger partial charge in [-0.1, -0.05) is 103 Å². The Morgan fingerprint density at radius 3 is 1.19 bits per heavy atom. The topological polar surface area (TPSA) is 27.7 Å². The highest BCUT2D eigenvalue weighted by Crippen LogP contribution is 2.42. The van der Waals surface area contributed by atoms with E-state index in [1.165, 1.54) is 143 Å². The molecule has 0 unspecified atom stereocenters. The van der Waals surface area contributed by atoms with Crippen LogP contribution >= 0.6 is 45.3 Å². The van der Waals surface area contributed by atoms with Crippen molar-refractivity contribution < 1.29 is 13.3 Å². The average molecular weight is 745 g/mol. The molecule has 4 heterocycles. The van der Waals surface area contributed by atoms with Crippen LogP contribution in [0.4, 0.5) is 0 Å². The van der Waals surface area contributed by atoms with Gasteiger partial charge in [0.25, 0.3) is 0 Å². The summed E-state index contributed by atoms with van der Waals surface area (Å²) in [6, 6.07) is 18.1. The van der Waals surface area contributed by atoms with Crippen molar-refractivity contribution in [3.8, 4) is 29.3 Å². The lowest BCUT2D eigenvalue weighted by molar-refractivity contribution is 0.0866. The Morgan fingerprint density at radius 1 is 0.396 bits per heavy atom. The fourth-order valence-corrected chi connectivity index (χ4v) is 13.8. The molecule has 0 fully saturated rings. The zero-order valence-corrected chi connectivity index (χ0v) is 34.4. The van der Waals surface area contributed by atoms with E-state index in [-0.39, 0.29) is 0 Å². The van der Waals surface area contributed by atoms with E-state index in [9.17, 15) is 0 Å². The van der Waals surface area contributed by atoms with Crippen LogP contribution in [-0.2, 0) is 19.7 Å². The summed E-state index contributed by atoms with van der Waals surface area (Å²) in [6.45, 7) is 10.1. The fourth-order valence-electron chi connectivity index (χ4n) is 6.24. The van der Waals surface area contributed by atoms with Gasteiger partial charge in [-0.05, 0) is 82.1 Å². The number of aryl methyl sites for hydroxylation is 1. The summed E-state index contributed by atoms with van der Waals surface area (Å²) in [5, 5.41) is 0. The van der Waals surface area contributed by atoms with Crippen LogP contribution in [0.15, 0.2) is 48.5 Å². The third kappa shape index (κ3) is 12.6. The Labute approximate surface area is 309 Å². The molecule has 4 aromatic heterocycles. The minimum Gasteiger partial charge on any atom is -0.370 e. The molecule has 4 rings (SSSR count). The minimum absolute atomic E-state index is 0.578. The molecule has 0 N–H and O–H groups in total. The summed E-state index contributed by atoms with van der Waals surface area (Å²) < 4.78 is 19.5. The lowest BCUT2D eigenvalue weighted by Crippen LogP contribution is -2.55. The third-order valence-electron chi connectivity index (χ3n) is 8.79. The summed E-state index contributed by atoms with van der Waals surface area (Å²) in [5.41, 5.74) is 0. The normalized spacial score (nSPS) is 12.0. The zero-order valence-electron chi connectivity index (χ0n) is 30.1. The molecule has 8 heteroatoms. The van der Waals surface area contributed by atoms with E-state index >= 15 is 0 Å². The van der Waals surface area contributed by atoms with E-state index in [1.807, 2.05) is 54.8 Å². The van der Waals surface area contributed by atoms with E-state index in [2.05, 4.69) is 55.5 Å². The first-order valence-electron chi connectivity index (χ1n) is 18.9. The lowest BCUT2D eigenvalue weighted by atomic mass is 10.0. The molecule has 0 amide bonds. The summed E-state index contributed by atoms with van der Waals surface area (Å²) >= 11 is 7.50. The molecule has 3 nitrogen and oxygen atoms in total. The van der Waals surface area contributed by atoms with Gasteiger partial charge in [-0.3, -0.25) is 0 Å². The van der Waals surface area contributed by atoms with Crippen molar-refractivity contribution in [1.29, 1.82) is 0 Å². The SMILES string of the molecule is CCCCCCCCCCCCCCCCCCc1ccc(-c2ccc(-c3ccc(-c4ccc([Si](OCC)(OCC)OCC)s4)s3)s2)s1. The number of rotatable bonds is 27. The van der Waals surface area contributed by atoms with Crippen molar-refractivity contribution in [2.24, 2.45) is 0 Å². The smallest absolute Gasteiger partial charge is 0.370 e. The molecule has 4 aromatic rings. The largest absolute Gasteiger partial charge is 0.547 e. The van der Waals surface area contributed by atoms with Gasteiger partial charge in [-0.15, -0.1) is 45.3 Å². The summed E-state index contributed by atoms with van der Waals surface area (Å²) in [7, 11) is -2.87. The molecule has 0 atom stereocenters. The Morgan fingerprint density at radius 2 is 0.750 bits per heavy atom. The molecule has 0 aromatic carbocycles. The van der Waals surface area contributed by atoms with Crippen LogP contribution in [0.1, 0.15) is 135 Å². The Bertz CT molecular complexity index is 1390. The number of unbranched alkanes of at least 4 members (excludes halogenated alkanes) is 15. The minimum atomic E-state index is -2.87. The van der Waals surface area contributed by atoms with Crippen LogP contribution in [-0.4, -0.2) is 28.6 Å². The maximum atomic E-state index is 6.15. The fraction of sp³-hybridized carbons (Fsp3) is 0.600. The van der Waals surface area contributed by atoms with E-state index in [0.29, 0.717) is 19.8 Å². The molecular formula is C40H60O3S4Si. The van der Waals surface area contributed by atoms with Gasteiger partial charge in [0, 0.05) is 54.0 Å². The standard InChI is InChI=1S/C40H60O3S4Si/c1-5-9-10-11-12-13-14-15-16-17-18-19-20-21-22-23-24-33-25-26-34(44-33)35-27-28-36(45-35)37-29-30-38(46-37)39-31-32-40(47-39)48(41-6-2,42-7-3)43-8-4/h25-32H,5-24H2,1-4H3. The van der Waals surface area contributed by atoms with E-state index < -0.39 is 8.80 Å². The molecular weight excluding hydrogens is 685 g/mol. The molecule has 0 aliphatic heterocycles. The van der Waals surface area contributed by atoms with Gasteiger partial charge >= 0.3 is 8.80 Å². The van der Waals surface area contributed by atoms with Crippen LogP contribution in [0.2, 0.25) is 0 Å². The Balaban J connectivity index is 1.15. The highest BCUT2D eigenvalue weighted by molar-refractivity contribution is 7.31. The molecule has 0 saturated carbocycles. The predicted molar refractivity (Wildman–Crippen MR) is 218 cm³/mol. The third-order valence-corrected chi connectivity index (χ3v) is 17.4. The Hall–Kier alpha value is -1.10. The van der Waals surface area contributed by atoms with Gasteiger partial charge in [-0.2, -0.15) is 0 Å².